The Morgan fingerprint density at radius 3 is 2.23 bits per heavy atom. The van der Waals surface area contributed by atoms with E-state index in [0.717, 1.165) is 46.9 Å². The molecular formula is C49H37N3O+2. The molecule has 0 saturated heterocycles. The highest BCUT2D eigenvalue weighted by Crippen LogP contribution is 2.54. The van der Waals surface area contributed by atoms with Crippen molar-refractivity contribution >= 4 is 65.7 Å². The van der Waals surface area contributed by atoms with E-state index >= 15 is 0 Å². The molecule has 4 nitrogen and oxygen atoms in total. The Hall–Kier alpha value is -6.26. The van der Waals surface area contributed by atoms with Crippen LogP contribution >= 0.6 is 0 Å². The van der Waals surface area contributed by atoms with Crippen LogP contribution in [0, 0.1) is 0 Å². The maximum absolute atomic E-state index is 6.40. The zero-order valence-corrected chi connectivity index (χ0v) is 29.9. The average Bonchev–Trinajstić information content (AvgIpc) is 3.84. The monoisotopic (exact) mass is 683 g/mol. The number of hydrogen-bond donors (Lipinski definition) is 0. The second kappa shape index (κ2) is 9.99. The molecule has 12 rings (SSSR count). The molecule has 53 heavy (non-hydrogen) atoms. The van der Waals surface area contributed by atoms with Crippen LogP contribution in [0.3, 0.4) is 0 Å². The Labute approximate surface area is 306 Å². The Morgan fingerprint density at radius 1 is 0.623 bits per heavy atom. The zero-order valence-electron chi connectivity index (χ0n) is 29.9. The van der Waals surface area contributed by atoms with E-state index in [4.69, 9.17) is 11.0 Å². The number of rotatable bonds is 0. The van der Waals surface area contributed by atoms with Crippen molar-refractivity contribution in [3.05, 3.63) is 157 Å². The molecule has 252 valence electrons. The van der Waals surface area contributed by atoms with Crippen LogP contribution in [0.15, 0.2) is 151 Å². The normalized spacial score (nSPS) is 19.8. The SMILES string of the molecule is C=C1CC2(C)[n+]3ccccc3-c3cc4c5cccc6c7cc8oc9ccccc9c8cc7n(c4cc3C2(C)CCc2ccccc2-c2cccc[n+]21)c56. The summed E-state index contributed by atoms with van der Waals surface area (Å²) >= 11 is 0. The van der Waals surface area contributed by atoms with E-state index in [1.165, 1.54) is 71.7 Å². The molecule has 0 aliphatic carbocycles. The molecule has 2 aliphatic heterocycles. The van der Waals surface area contributed by atoms with Crippen LogP contribution in [0.4, 0.5) is 0 Å². The molecule has 0 spiro atoms. The Bertz CT molecular complexity index is 3220. The van der Waals surface area contributed by atoms with E-state index in [9.17, 15) is 0 Å². The van der Waals surface area contributed by atoms with Crippen molar-refractivity contribution in [1.82, 2.24) is 4.40 Å². The standard InChI is InChI=1S/C49H37N3O/c1-30-29-49(3)48(2,22-21-31-13-4-5-14-32(31)41-18-8-10-23-50(30)41)40-28-44-36(25-39(40)42-19-9-11-24-51(42)49)34-16-12-17-35-37-27-46-38(26-43(37)52(44)47(34)35)33-15-6-7-20-45(33)53-46/h4-20,23-28H,1,21-22,29H2,2-3H3/q+2. The van der Waals surface area contributed by atoms with Crippen molar-refractivity contribution in [2.24, 2.45) is 0 Å². The van der Waals surface area contributed by atoms with Gasteiger partial charge in [0.05, 0.1) is 33.9 Å². The van der Waals surface area contributed by atoms with E-state index in [1.54, 1.807) is 0 Å². The van der Waals surface area contributed by atoms with E-state index in [1.807, 2.05) is 0 Å². The number of aromatic nitrogens is 3. The van der Waals surface area contributed by atoms with Crippen LogP contribution in [0.25, 0.3) is 88.2 Å². The number of furan rings is 1. The number of para-hydroxylation sites is 2. The first-order valence-corrected chi connectivity index (χ1v) is 18.8. The minimum atomic E-state index is -0.310. The van der Waals surface area contributed by atoms with Crippen LogP contribution < -0.4 is 9.13 Å². The number of hydrogen-bond acceptors (Lipinski definition) is 1. The fraction of sp³-hybridized carbons (Fsp3) is 0.143. The van der Waals surface area contributed by atoms with Crippen molar-refractivity contribution in [3.8, 4) is 22.5 Å². The number of pyridine rings is 2. The third-order valence-electron chi connectivity index (χ3n) is 13.3. The number of fused-ring (bicyclic) bond motifs is 18. The number of benzene rings is 5. The molecule has 0 amide bonds. The van der Waals surface area contributed by atoms with Gasteiger partial charge < -0.3 is 8.82 Å². The third kappa shape index (κ3) is 3.61. The summed E-state index contributed by atoms with van der Waals surface area (Å²) in [5.41, 5.74) is 14.0. The zero-order chi connectivity index (χ0) is 35.2. The van der Waals surface area contributed by atoms with Gasteiger partial charge in [-0.2, -0.15) is 9.13 Å². The molecular weight excluding hydrogens is 647 g/mol. The smallest absolute Gasteiger partial charge is 0.218 e. The summed E-state index contributed by atoms with van der Waals surface area (Å²) in [5.74, 6) is 0. The van der Waals surface area contributed by atoms with Gasteiger partial charge in [0, 0.05) is 69.1 Å². The summed E-state index contributed by atoms with van der Waals surface area (Å²) in [4.78, 5) is 0. The van der Waals surface area contributed by atoms with E-state index in [2.05, 4.69) is 167 Å². The van der Waals surface area contributed by atoms with Crippen LogP contribution in [0.1, 0.15) is 37.8 Å². The summed E-state index contributed by atoms with van der Waals surface area (Å²) in [6.45, 7) is 9.83. The van der Waals surface area contributed by atoms with Gasteiger partial charge in [0.2, 0.25) is 11.4 Å². The maximum atomic E-state index is 6.40. The van der Waals surface area contributed by atoms with Gasteiger partial charge in [-0.1, -0.05) is 54.6 Å². The van der Waals surface area contributed by atoms with Crippen molar-refractivity contribution in [3.63, 3.8) is 0 Å². The molecule has 0 N–H and O–H groups in total. The lowest BCUT2D eigenvalue weighted by Gasteiger charge is -2.47. The second-order valence-corrected chi connectivity index (χ2v) is 15.8. The van der Waals surface area contributed by atoms with Crippen LogP contribution in [0.5, 0.6) is 0 Å². The fourth-order valence-electron chi connectivity index (χ4n) is 10.5. The Kier molecular flexibility index (Phi) is 5.53. The van der Waals surface area contributed by atoms with Gasteiger partial charge in [-0.05, 0) is 86.0 Å². The Morgan fingerprint density at radius 2 is 1.34 bits per heavy atom. The van der Waals surface area contributed by atoms with Crippen molar-refractivity contribution in [1.29, 1.82) is 0 Å². The maximum Gasteiger partial charge on any atom is 0.218 e. The molecule has 10 aromatic rings. The minimum absolute atomic E-state index is 0.246. The van der Waals surface area contributed by atoms with Crippen molar-refractivity contribution in [2.75, 3.05) is 0 Å². The highest BCUT2D eigenvalue weighted by molar-refractivity contribution is 6.26. The summed E-state index contributed by atoms with van der Waals surface area (Å²) in [6, 6.07) is 47.1. The Balaban J connectivity index is 1.19. The van der Waals surface area contributed by atoms with E-state index in [-0.39, 0.29) is 11.0 Å². The van der Waals surface area contributed by atoms with Crippen molar-refractivity contribution < 1.29 is 13.6 Å². The first-order chi connectivity index (χ1) is 25.9. The molecule has 2 atom stereocenters. The lowest BCUT2D eigenvalue weighted by molar-refractivity contribution is -0.766. The number of aryl methyl sites for hydroxylation is 1. The molecule has 5 aromatic heterocycles. The van der Waals surface area contributed by atoms with E-state index < -0.39 is 0 Å². The van der Waals surface area contributed by atoms with Crippen LogP contribution in [-0.4, -0.2) is 4.40 Å². The molecule has 0 fully saturated rings. The fourth-order valence-corrected chi connectivity index (χ4v) is 10.5. The average molecular weight is 684 g/mol. The summed E-state index contributed by atoms with van der Waals surface area (Å²) in [5, 5.41) is 7.40. The topological polar surface area (TPSA) is 25.3 Å². The van der Waals surface area contributed by atoms with Crippen LogP contribution in [-0.2, 0) is 17.4 Å². The van der Waals surface area contributed by atoms with Gasteiger partial charge >= 0.3 is 0 Å². The molecule has 0 bridgehead atoms. The quantitative estimate of drug-likeness (QED) is 0.146. The largest absolute Gasteiger partial charge is 0.456 e. The van der Waals surface area contributed by atoms with Gasteiger partial charge in [0.15, 0.2) is 23.6 Å². The van der Waals surface area contributed by atoms with Gasteiger partial charge in [-0.15, -0.1) is 0 Å². The highest BCUT2D eigenvalue weighted by Gasteiger charge is 2.59. The lowest BCUT2D eigenvalue weighted by Crippen LogP contribution is -2.68. The number of allylic oxidation sites excluding steroid dienone is 1. The molecule has 0 saturated carbocycles. The van der Waals surface area contributed by atoms with E-state index in [0.29, 0.717) is 0 Å². The lowest BCUT2D eigenvalue weighted by atomic mass is 9.59. The predicted molar refractivity (Wildman–Crippen MR) is 215 cm³/mol. The van der Waals surface area contributed by atoms with Crippen molar-refractivity contribution in [2.45, 2.75) is 44.1 Å². The van der Waals surface area contributed by atoms with Gasteiger partial charge in [0.1, 0.15) is 11.2 Å². The van der Waals surface area contributed by atoms with Gasteiger partial charge in [0.25, 0.3) is 0 Å². The number of nitrogens with zero attached hydrogens (tertiary/aromatic N) is 3. The summed E-state index contributed by atoms with van der Waals surface area (Å²) in [7, 11) is 0. The predicted octanol–water partition coefficient (Wildman–Crippen LogP) is 11.1. The summed E-state index contributed by atoms with van der Waals surface area (Å²) < 4.78 is 13.9. The second-order valence-electron chi connectivity index (χ2n) is 15.8. The first kappa shape index (κ1) is 29.3. The van der Waals surface area contributed by atoms with Gasteiger partial charge in [-0.3, -0.25) is 0 Å². The first-order valence-electron chi connectivity index (χ1n) is 18.8. The third-order valence-corrected chi connectivity index (χ3v) is 13.3. The molecule has 7 heterocycles. The molecule has 0 radical (unpaired) electrons. The molecule has 2 aliphatic rings. The van der Waals surface area contributed by atoms with Crippen LogP contribution in [0.2, 0.25) is 0 Å². The highest BCUT2D eigenvalue weighted by atomic mass is 16.3. The summed E-state index contributed by atoms with van der Waals surface area (Å²) in [6.07, 6.45) is 7.26. The molecule has 4 heteroatoms. The van der Waals surface area contributed by atoms with Gasteiger partial charge in [-0.25, -0.2) is 0 Å². The minimum Gasteiger partial charge on any atom is -0.456 e. The molecule has 5 aromatic carbocycles. The molecule has 2 unspecified atom stereocenters.